The van der Waals surface area contributed by atoms with Crippen LogP contribution in [0.3, 0.4) is 0 Å². The molecule has 7 heteroatoms. The predicted octanol–water partition coefficient (Wildman–Crippen LogP) is 3.68. The molecule has 0 fully saturated rings. The second kappa shape index (κ2) is 8.69. The molecule has 0 saturated heterocycles. The van der Waals surface area contributed by atoms with E-state index in [4.69, 9.17) is 10.5 Å². The average Bonchev–Trinajstić information content (AvgIpc) is 3.25. The zero-order valence-electron chi connectivity index (χ0n) is 15.6. The molecule has 6 nitrogen and oxygen atoms in total. The fraction of sp³-hybridized carbons (Fsp3) is 0.143. The SMILES string of the molecule is CNC(=O)C(OC)c1ccc(C(=O)Nc2cc(-c3cccs3)ccc2N)cc1. The molecule has 0 aliphatic heterocycles. The van der Waals surface area contributed by atoms with E-state index in [0.717, 1.165) is 10.4 Å². The molecule has 0 aliphatic carbocycles. The molecule has 0 bridgehead atoms. The van der Waals surface area contributed by atoms with E-state index in [1.807, 2.05) is 29.6 Å². The van der Waals surface area contributed by atoms with Crippen LogP contribution in [0.5, 0.6) is 0 Å². The average molecular weight is 395 g/mol. The maximum absolute atomic E-state index is 12.6. The summed E-state index contributed by atoms with van der Waals surface area (Å²) in [5.74, 6) is -0.534. The van der Waals surface area contributed by atoms with Gasteiger partial charge >= 0.3 is 0 Å². The normalized spacial score (nSPS) is 11.6. The second-order valence-electron chi connectivity index (χ2n) is 6.09. The van der Waals surface area contributed by atoms with Crippen molar-refractivity contribution in [1.29, 1.82) is 0 Å². The van der Waals surface area contributed by atoms with Gasteiger partial charge in [-0.25, -0.2) is 0 Å². The lowest BCUT2D eigenvalue weighted by molar-refractivity contribution is -0.130. The molecule has 0 aliphatic rings. The Morgan fingerprint density at radius 2 is 1.86 bits per heavy atom. The Morgan fingerprint density at radius 3 is 2.46 bits per heavy atom. The topological polar surface area (TPSA) is 93.4 Å². The van der Waals surface area contributed by atoms with Gasteiger partial charge in [0.1, 0.15) is 0 Å². The molecule has 1 unspecified atom stereocenters. The summed E-state index contributed by atoms with van der Waals surface area (Å²) in [7, 11) is 3.01. The van der Waals surface area contributed by atoms with E-state index in [-0.39, 0.29) is 11.8 Å². The van der Waals surface area contributed by atoms with E-state index < -0.39 is 6.10 Å². The first kappa shape index (κ1) is 19.6. The summed E-state index contributed by atoms with van der Waals surface area (Å²) in [4.78, 5) is 25.6. The highest BCUT2D eigenvalue weighted by Gasteiger charge is 2.19. The number of nitrogens with two attached hydrogens (primary N) is 1. The Kier molecular flexibility index (Phi) is 6.08. The zero-order valence-corrected chi connectivity index (χ0v) is 16.4. The van der Waals surface area contributed by atoms with Crippen LogP contribution in [0, 0.1) is 0 Å². The summed E-state index contributed by atoms with van der Waals surface area (Å²) in [5.41, 5.74) is 9.18. The van der Waals surface area contributed by atoms with Gasteiger partial charge in [-0.15, -0.1) is 11.3 Å². The van der Waals surface area contributed by atoms with Gasteiger partial charge in [0, 0.05) is 24.6 Å². The number of methoxy groups -OCH3 is 1. The Bertz CT molecular complexity index is 969. The van der Waals surface area contributed by atoms with Gasteiger partial charge in [0.15, 0.2) is 6.10 Å². The van der Waals surface area contributed by atoms with Gasteiger partial charge in [0.2, 0.25) is 0 Å². The van der Waals surface area contributed by atoms with Crippen molar-refractivity contribution >= 4 is 34.5 Å². The largest absolute Gasteiger partial charge is 0.397 e. The summed E-state index contributed by atoms with van der Waals surface area (Å²) in [6, 6.07) is 16.3. The number of amides is 2. The molecule has 0 radical (unpaired) electrons. The molecule has 0 spiro atoms. The number of carbonyl (C=O) groups excluding carboxylic acids is 2. The molecular formula is C21H21N3O3S. The van der Waals surface area contributed by atoms with E-state index in [1.54, 1.807) is 48.7 Å². The smallest absolute Gasteiger partial charge is 0.255 e. The maximum Gasteiger partial charge on any atom is 0.255 e. The number of nitrogens with one attached hydrogen (secondary N) is 2. The lowest BCUT2D eigenvalue weighted by atomic mass is 10.1. The first-order valence-electron chi connectivity index (χ1n) is 8.62. The standard InChI is InChI=1S/C21H21N3O3S/c1-23-21(26)19(27-2)13-5-7-14(8-6-13)20(25)24-17-12-15(9-10-16(17)22)18-4-3-11-28-18/h3-12,19H,22H2,1-2H3,(H,23,26)(H,24,25). The fourth-order valence-electron chi connectivity index (χ4n) is 2.79. The van der Waals surface area contributed by atoms with Crippen molar-refractivity contribution in [3.05, 3.63) is 71.1 Å². The fourth-order valence-corrected chi connectivity index (χ4v) is 3.51. The predicted molar refractivity (Wildman–Crippen MR) is 112 cm³/mol. The van der Waals surface area contributed by atoms with Crippen LogP contribution in [0.4, 0.5) is 11.4 Å². The summed E-state index contributed by atoms with van der Waals surface area (Å²) in [5, 5.41) is 7.40. The molecule has 1 aromatic heterocycles. The van der Waals surface area contributed by atoms with E-state index in [2.05, 4.69) is 10.6 Å². The van der Waals surface area contributed by atoms with Gasteiger partial charge in [-0.1, -0.05) is 24.3 Å². The number of nitrogen functional groups attached to an aromatic ring is 1. The molecule has 4 N–H and O–H groups in total. The lowest BCUT2D eigenvalue weighted by Gasteiger charge is -2.14. The number of ether oxygens (including phenoxy) is 1. The van der Waals surface area contributed by atoms with Crippen molar-refractivity contribution in [3.8, 4) is 10.4 Å². The van der Waals surface area contributed by atoms with Crippen LogP contribution in [-0.4, -0.2) is 26.0 Å². The van der Waals surface area contributed by atoms with Gasteiger partial charge in [0.25, 0.3) is 11.8 Å². The zero-order chi connectivity index (χ0) is 20.1. The highest BCUT2D eigenvalue weighted by atomic mass is 32.1. The van der Waals surface area contributed by atoms with Crippen LogP contribution in [0.15, 0.2) is 60.0 Å². The van der Waals surface area contributed by atoms with Gasteiger partial charge in [-0.05, 0) is 46.8 Å². The number of thiophene rings is 1. The third kappa shape index (κ3) is 4.21. The number of rotatable bonds is 6. The molecule has 3 rings (SSSR count). The molecule has 144 valence electrons. The van der Waals surface area contributed by atoms with Crippen LogP contribution < -0.4 is 16.4 Å². The van der Waals surface area contributed by atoms with Gasteiger partial charge < -0.3 is 21.1 Å². The van der Waals surface area contributed by atoms with Gasteiger partial charge in [-0.3, -0.25) is 9.59 Å². The lowest BCUT2D eigenvalue weighted by Crippen LogP contribution is -2.27. The highest BCUT2D eigenvalue weighted by molar-refractivity contribution is 7.13. The number of hydrogen-bond acceptors (Lipinski definition) is 5. The van der Waals surface area contributed by atoms with Crippen LogP contribution in [0.1, 0.15) is 22.0 Å². The first-order chi connectivity index (χ1) is 13.5. The molecule has 1 heterocycles. The number of hydrogen-bond donors (Lipinski definition) is 3. The maximum atomic E-state index is 12.6. The summed E-state index contributed by atoms with van der Waals surface area (Å²) in [6.45, 7) is 0. The quantitative estimate of drug-likeness (QED) is 0.555. The number of likely N-dealkylation sites (N-methyl/N-ethyl adjacent to an activating group) is 1. The minimum absolute atomic E-state index is 0.252. The van der Waals surface area contributed by atoms with Crippen LogP contribution in [0.2, 0.25) is 0 Å². The highest BCUT2D eigenvalue weighted by Crippen LogP contribution is 2.30. The molecule has 2 aromatic carbocycles. The van der Waals surface area contributed by atoms with Crippen LogP contribution >= 0.6 is 11.3 Å². The minimum Gasteiger partial charge on any atom is -0.397 e. The van der Waals surface area contributed by atoms with E-state index >= 15 is 0 Å². The molecule has 1 atom stereocenters. The van der Waals surface area contributed by atoms with Crippen molar-refractivity contribution < 1.29 is 14.3 Å². The Hall–Kier alpha value is -3.16. The van der Waals surface area contributed by atoms with Gasteiger partial charge in [0.05, 0.1) is 11.4 Å². The molecule has 0 saturated carbocycles. The Balaban J connectivity index is 1.78. The van der Waals surface area contributed by atoms with Crippen LogP contribution in [0.25, 0.3) is 10.4 Å². The monoisotopic (exact) mass is 395 g/mol. The molecule has 2 amide bonds. The van der Waals surface area contributed by atoms with Crippen molar-refractivity contribution in [2.75, 3.05) is 25.2 Å². The Labute approximate surface area is 167 Å². The number of anilines is 2. The summed E-state index contributed by atoms with van der Waals surface area (Å²) < 4.78 is 5.22. The van der Waals surface area contributed by atoms with E-state index in [0.29, 0.717) is 22.5 Å². The summed E-state index contributed by atoms with van der Waals surface area (Å²) in [6.07, 6.45) is -0.722. The number of benzene rings is 2. The van der Waals surface area contributed by atoms with Crippen molar-refractivity contribution in [3.63, 3.8) is 0 Å². The Morgan fingerprint density at radius 1 is 1.11 bits per heavy atom. The third-order valence-corrected chi connectivity index (χ3v) is 5.22. The summed E-state index contributed by atoms with van der Waals surface area (Å²) >= 11 is 1.62. The van der Waals surface area contributed by atoms with E-state index in [1.165, 1.54) is 7.11 Å². The first-order valence-corrected chi connectivity index (χ1v) is 9.50. The third-order valence-electron chi connectivity index (χ3n) is 4.30. The van der Waals surface area contributed by atoms with Crippen molar-refractivity contribution in [2.24, 2.45) is 0 Å². The van der Waals surface area contributed by atoms with Crippen molar-refractivity contribution in [1.82, 2.24) is 5.32 Å². The molecule has 3 aromatic rings. The van der Waals surface area contributed by atoms with Gasteiger partial charge in [-0.2, -0.15) is 0 Å². The van der Waals surface area contributed by atoms with Crippen LogP contribution in [-0.2, 0) is 9.53 Å². The minimum atomic E-state index is -0.722. The molecular weight excluding hydrogens is 374 g/mol. The molecule has 28 heavy (non-hydrogen) atoms. The van der Waals surface area contributed by atoms with Crippen molar-refractivity contribution in [2.45, 2.75) is 6.10 Å². The van der Waals surface area contributed by atoms with E-state index in [9.17, 15) is 9.59 Å². The number of carbonyl (C=O) groups is 2. The second-order valence-corrected chi connectivity index (χ2v) is 7.03.